The molecule has 0 saturated carbocycles. The first-order valence-corrected chi connectivity index (χ1v) is 24.2. The Morgan fingerprint density at radius 2 is 0.389 bits per heavy atom. The Kier molecular flexibility index (Phi) is 14.3. The van der Waals surface area contributed by atoms with Crippen molar-refractivity contribution in [3.8, 4) is 44.5 Å². The quantitative estimate of drug-likeness (QED) is 0.0583. The highest BCUT2D eigenvalue weighted by Gasteiger charge is 2.18. The van der Waals surface area contributed by atoms with E-state index in [1.165, 1.54) is 0 Å². The van der Waals surface area contributed by atoms with Crippen LogP contribution in [0.5, 0.6) is 0 Å². The monoisotopic (exact) mass is 922 g/mol. The normalized spacial score (nSPS) is 12.1. The van der Waals surface area contributed by atoms with Gasteiger partial charge in [0.25, 0.3) is 0 Å². The molecule has 0 unspecified atom stereocenters. The van der Waals surface area contributed by atoms with Gasteiger partial charge in [0, 0.05) is 11.1 Å². The van der Waals surface area contributed by atoms with Crippen molar-refractivity contribution in [2.75, 3.05) is 0 Å². The van der Waals surface area contributed by atoms with Crippen molar-refractivity contribution in [2.24, 2.45) is 0 Å². The number of rotatable bonds is 15. The molecule has 0 N–H and O–H groups in total. The van der Waals surface area contributed by atoms with Crippen LogP contribution >= 0.6 is 0 Å². The molecule has 0 spiro atoms. The van der Waals surface area contributed by atoms with Gasteiger partial charge in [-0.15, -0.1) is 0 Å². The van der Waals surface area contributed by atoms with Crippen LogP contribution in [0.25, 0.3) is 66.8 Å². The van der Waals surface area contributed by atoms with Gasteiger partial charge in [-0.25, -0.2) is 0 Å². The minimum Gasteiger partial charge on any atom is -0.289 e. The van der Waals surface area contributed by atoms with Gasteiger partial charge in [-0.3, -0.25) is 9.59 Å². The predicted molar refractivity (Wildman–Crippen MR) is 301 cm³/mol. The van der Waals surface area contributed by atoms with Crippen LogP contribution in [0.4, 0.5) is 0 Å². The topological polar surface area (TPSA) is 34.1 Å². The smallest absolute Gasteiger partial charge is 0.186 e. The molecule has 10 rings (SSSR count). The maximum Gasteiger partial charge on any atom is 0.186 e. The largest absolute Gasteiger partial charge is 0.289 e. The molecular weight excluding hydrogens is 873 g/mol. The lowest BCUT2D eigenvalue weighted by molar-refractivity contribution is 0.103. The summed E-state index contributed by atoms with van der Waals surface area (Å²) in [7, 11) is 0. The molecule has 2 heteroatoms. The molecule has 0 heterocycles. The van der Waals surface area contributed by atoms with E-state index >= 15 is 0 Å². The minimum absolute atomic E-state index is 0.113. The van der Waals surface area contributed by atoms with Crippen LogP contribution < -0.4 is 0 Å². The first kappa shape index (κ1) is 46.2. The van der Waals surface area contributed by atoms with Crippen LogP contribution in [0.2, 0.25) is 0 Å². The van der Waals surface area contributed by atoms with E-state index in [0.717, 1.165) is 89.1 Å². The van der Waals surface area contributed by atoms with E-state index < -0.39 is 0 Å². The van der Waals surface area contributed by atoms with Crippen LogP contribution in [0.15, 0.2) is 303 Å². The molecule has 0 aliphatic rings. The van der Waals surface area contributed by atoms with E-state index in [4.69, 9.17) is 0 Å². The van der Waals surface area contributed by atoms with Crippen molar-refractivity contribution in [1.29, 1.82) is 0 Å². The van der Waals surface area contributed by atoms with Gasteiger partial charge in [-0.1, -0.05) is 291 Å². The number of benzene rings is 10. The maximum absolute atomic E-state index is 14.5. The van der Waals surface area contributed by atoms with Gasteiger partial charge < -0.3 is 0 Å². The fourth-order valence-corrected chi connectivity index (χ4v) is 9.01. The number of allylic oxidation sites excluding steroid dienone is 8. The average Bonchev–Trinajstić information content (AvgIpc) is 3.47. The number of carbonyl (C=O) groups excluding carboxylic acids is 2. The average molecular weight is 923 g/mol. The Morgan fingerprint density at radius 1 is 0.194 bits per heavy atom. The van der Waals surface area contributed by atoms with Gasteiger partial charge in [0.05, 0.1) is 0 Å². The third kappa shape index (κ3) is 11.0. The molecule has 2 nitrogen and oxygen atoms in total. The second kappa shape index (κ2) is 22.3. The summed E-state index contributed by atoms with van der Waals surface area (Å²) in [6.07, 6.45) is 7.77. The SMILES string of the molecule is O=C(/C=C(/C(=C/C=C(/C(=C/C(=O)c1ccccc1)c1ccc(-c2ccccc2)cc1)c1ccc(-c2ccccc2)cc1)c1ccc(-c2ccccc2)cc1)c1ccc(-c2ccccc2)cc1)c1ccccc1. The van der Waals surface area contributed by atoms with Gasteiger partial charge in [0.1, 0.15) is 0 Å². The zero-order valence-corrected chi connectivity index (χ0v) is 39.7. The molecule has 10 aromatic rings. The molecule has 0 aromatic heterocycles. The first-order chi connectivity index (χ1) is 35.5. The lowest BCUT2D eigenvalue weighted by atomic mass is 9.86. The summed E-state index contributed by atoms with van der Waals surface area (Å²) in [5.41, 5.74) is 16.7. The number of ketones is 2. The summed E-state index contributed by atoms with van der Waals surface area (Å²) in [6, 6.07) is 94.1. The molecule has 0 amide bonds. The van der Waals surface area contributed by atoms with E-state index in [0.29, 0.717) is 11.1 Å². The molecule has 0 fully saturated rings. The predicted octanol–water partition coefficient (Wildman–Crippen LogP) is 17.8. The Morgan fingerprint density at radius 3 is 0.625 bits per heavy atom. The van der Waals surface area contributed by atoms with Gasteiger partial charge >= 0.3 is 0 Å². The summed E-state index contributed by atoms with van der Waals surface area (Å²) in [6.45, 7) is 0. The lowest BCUT2D eigenvalue weighted by Gasteiger charge is -2.17. The molecule has 0 aliphatic heterocycles. The summed E-state index contributed by atoms with van der Waals surface area (Å²) in [4.78, 5) is 29.0. The van der Waals surface area contributed by atoms with Gasteiger partial charge in [0.2, 0.25) is 0 Å². The maximum atomic E-state index is 14.5. The summed E-state index contributed by atoms with van der Waals surface area (Å²) >= 11 is 0. The van der Waals surface area contributed by atoms with Crippen LogP contribution in [0.1, 0.15) is 43.0 Å². The number of hydrogen-bond donors (Lipinski definition) is 0. The van der Waals surface area contributed by atoms with Crippen molar-refractivity contribution in [3.05, 3.63) is 337 Å². The van der Waals surface area contributed by atoms with Crippen molar-refractivity contribution >= 4 is 33.9 Å². The molecular formula is C70H50O2. The van der Waals surface area contributed by atoms with E-state index in [1.807, 2.05) is 133 Å². The fraction of sp³-hybridized carbons (Fsp3) is 0. The highest BCUT2D eigenvalue weighted by Crippen LogP contribution is 2.39. The van der Waals surface area contributed by atoms with E-state index in [-0.39, 0.29) is 11.6 Å². The van der Waals surface area contributed by atoms with Crippen molar-refractivity contribution in [2.45, 2.75) is 0 Å². The third-order valence-electron chi connectivity index (χ3n) is 12.9. The van der Waals surface area contributed by atoms with Crippen LogP contribution in [0.3, 0.4) is 0 Å². The van der Waals surface area contributed by atoms with Crippen molar-refractivity contribution in [3.63, 3.8) is 0 Å². The zero-order chi connectivity index (χ0) is 48.9. The van der Waals surface area contributed by atoms with Gasteiger partial charge in [0.15, 0.2) is 11.6 Å². The van der Waals surface area contributed by atoms with Crippen molar-refractivity contribution in [1.82, 2.24) is 0 Å². The summed E-state index contributed by atoms with van der Waals surface area (Å²) in [5, 5.41) is 0. The highest BCUT2D eigenvalue weighted by molar-refractivity contribution is 6.19. The van der Waals surface area contributed by atoms with E-state index in [2.05, 4.69) is 158 Å². The number of hydrogen-bond acceptors (Lipinski definition) is 2. The molecule has 0 bridgehead atoms. The molecule has 0 aliphatic carbocycles. The summed E-state index contributed by atoms with van der Waals surface area (Å²) in [5.74, 6) is -0.226. The minimum atomic E-state index is -0.113. The van der Waals surface area contributed by atoms with Crippen LogP contribution in [0, 0.1) is 0 Å². The molecule has 0 radical (unpaired) electrons. The van der Waals surface area contributed by atoms with Crippen molar-refractivity contribution < 1.29 is 9.59 Å². The Hall–Kier alpha value is -9.50. The first-order valence-electron chi connectivity index (χ1n) is 24.2. The Bertz CT molecular complexity index is 3290. The Labute approximate surface area is 422 Å². The Balaban J connectivity index is 1.21. The summed E-state index contributed by atoms with van der Waals surface area (Å²) < 4.78 is 0. The second-order valence-corrected chi connectivity index (χ2v) is 17.5. The lowest BCUT2D eigenvalue weighted by Crippen LogP contribution is -2.00. The van der Waals surface area contributed by atoms with Crippen LogP contribution in [-0.2, 0) is 0 Å². The molecule has 10 aromatic carbocycles. The van der Waals surface area contributed by atoms with E-state index in [9.17, 15) is 9.59 Å². The van der Waals surface area contributed by atoms with Crippen LogP contribution in [-0.4, -0.2) is 11.6 Å². The third-order valence-corrected chi connectivity index (χ3v) is 12.9. The standard InChI is InChI=1S/C70H50O2/c71-69(63-27-15-5-16-28-63)49-67(61-43-35-57(36-44-61)53-23-11-3-12-24-53)65(59-39-31-55(32-40-59)51-19-7-1-8-20-51)47-48-66(60-41-33-56(34-42-60)52-21-9-2-10-22-52)68(50-70(72)64-29-17-6-18-30-64)62-45-37-58(38-46-62)54-25-13-4-14-26-54/h1-50H/b65-47+,66-48+,67-49+,68-50+. The second-order valence-electron chi connectivity index (χ2n) is 17.5. The fourth-order valence-electron chi connectivity index (χ4n) is 9.01. The van der Waals surface area contributed by atoms with Gasteiger partial charge in [-0.2, -0.15) is 0 Å². The number of carbonyl (C=O) groups is 2. The van der Waals surface area contributed by atoms with Gasteiger partial charge in [-0.05, 0) is 101 Å². The van der Waals surface area contributed by atoms with E-state index in [1.54, 1.807) is 12.2 Å². The molecule has 72 heavy (non-hydrogen) atoms. The molecule has 342 valence electrons. The molecule has 0 atom stereocenters. The zero-order valence-electron chi connectivity index (χ0n) is 39.7. The highest BCUT2D eigenvalue weighted by atomic mass is 16.1. The molecule has 0 saturated heterocycles.